The molecule has 1 aromatic carbocycles. The number of aryl methyl sites for hydroxylation is 1. The molecule has 0 aliphatic heterocycles. The molecule has 2 atom stereocenters. The minimum Gasteiger partial charge on any atom is -0.391 e. The van der Waals surface area contributed by atoms with Crippen LogP contribution in [-0.2, 0) is 0 Å². The lowest BCUT2D eigenvalue weighted by Gasteiger charge is -2.27. The lowest BCUT2D eigenvalue weighted by molar-refractivity contribution is 0.0695. The van der Waals surface area contributed by atoms with Gasteiger partial charge in [0.25, 0.3) is 0 Å². The Morgan fingerprint density at radius 2 is 2.05 bits per heavy atom. The Morgan fingerprint density at radius 1 is 1.21 bits per heavy atom. The van der Waals surface area contributed by atoms with Crippen molar-refractivity contribution in [3.8, 4) is 11.1 Å². The van der Waals surface area contributed by atoms with Crippen LogP contribution in [-0.4, -0.2) is 21.0 Å². The van der Waals surface area contributed by atoms with Crippen LogP contribution in [0.5, 0.6) is 0 Å². The number of benzene rings is 1. The van der Waals surface area contributed by atoms with Gasteiger partial charge in [-0.15, -0.1) is 0 Å². The molecule has 2 unspecified atom stereocenters. The summed E-state index contributed by atoms with van der Waals surface area (Å²) in [5, 5.41) is 14.5. The van der Waals surface area contributed by atoms with E-state index in [1.165, 1.54) is 17.5 Å². The second kappa shape index (κ2) is 5.17. The van der Waals surface area contributed by atoms with Crippen molar-refractivity contribution in [1.29, 1.82) is 0 Å². The Balaban J connectivity index is 1.86. The van der Waals surface area contributed by atoms with E-state index in [1.54, 1.807) is 0 Å². The molecule has 1 aromatic heterocycles. The molecule has 2 aromatic rings. The third-order valence-electron chi connectivity index (χ3n) is 3.99. The normalized spacial score (nSPS) is 23.5. The molecule has 3 rings (SSSR count). The molecular formula is C16H20N2O. The summed E-state index contributed by atoms with van der Waals surface area (Å²) in [6.45, 7) is 2.10. The van der Waals surface area contributed by atoms with Gasteiger partial charge < -0.3 is 5.11 Å². The molecule has 1 heterocycles. The maximum absolute atomic E-state index is 10.1. The van der Waals surface area contributed by atoms with Crippen molar-refractivity contribution >= 4 is 0 Å². The minimum absolute atomic E-state index is 0.146. The molecule has 0 bridgehead atoms. The smallest absolute Gasteiger partial charge is 0.0778 e. The van der Waals surface area contributed by atoms with Crippen LogP contribution in [0.1, 0.15) is 37.3 Å². The predicted molar refractivity (Wildman–Crippen MR) is 75.9 cm³/mol. The van der Waals surface area contributed by atoms with Gasteiger partial charge in [-0.1, -0.05) is 42.7 Å². The summed E-state index contributed by atoms with van der Waals surface area (Å²) in [6.07, 6.45) is 7.94. The SMILES string of the molecule is Cc1cccc(-c2cnn(C3CCCCC3O)c2)c1. The van der Waals surface area contributed by atoms with Crippen molar-refractivity contribution in [2.75, 3.05) is 0 Å². The fourth-order valence-corrected chi connectivity index (χ4v) is 2.89. The van der Waals surface area contributed by atoms with Crippen LogP contribution in [0.15, 0.2) is 36.7 Å². The Hall–Kier alpha value is -1.61. The fraction of sp³-hybridized carbons (Fsp3) is 0.438. The summed E-state index contributed by atoms with van der Waals surface area (Å²) in [5.74, 6) is 0. The average molecular weight is 256 g/mol. The van der Waals surface area contributed by atoms with Crippen LogP contribution >= 0.6 is 0 Å². The van der Waals surface area contributed by atoms with Gasteiger partial charge in [-0.05, 0) is 25.3 Å². The molecule has 1 aliphatic rings. The molecule has 3 nitrogen and oxygen atoms in total. The summed E-state index contributed by atoms with van der Waals surface area (Å²) in [6, 6.07) is 8.58. The quantitative estimate of drug-likeness (QED) is 0.895. The summed E-state index contributed by atoms with van der Waals surface area (Å²) in [5.41, 5.74) is 3.57. The third-order valence-corrected chi connectivity index (χ3v) is 3.99. The van der Waals surface area contributed by atoms with Gasteiger partial charge in [-0.3, -0.25) is 4.68 Å². The van der Waals surface area contributed by atoms with Crippen molar-refractivity contribution in [2.45, 2.75) is 44.8 Å². The first-order chi connectivity index (χ1) is 9.24. The van der Waals surface area contributed by atoms with E-state index in [-0.39, 0.29) is 12.1 Å². The Kier molecular flexibility index (Phi) is 3.38. The first-order valence-electron chi connectivity index (χ1n) is 7.03. The zero-order valence-corrected chi connectivity index (χ0v) is 11.3. The molecule has 100 valence electrons. The monoisotopic (exact) mass is 256 g/mol. The molecule has 3 heteroatoms. The summed E-state index contributed by atoms with van der Waals surface area (Å²) < 4.78 is 1.95. The molecule has 1 N–H and O–H groups in total. The first kappa shape index (κ1) is 12.4. The highest BCUT2D eigenvalue weighted by molar-refractivity contribution is 5.62. The number of hydrogen-bond donors (Lipinski definition) is 1. The second-order valence-corrected chi connectivity index (χ2v) is 5.50. The number of rotatable bonds is 2. The van der Waals surface area contributed by atoms with Gasteiger partial charge in [-0.2, -0.15) is 5.10 Å². The molecule has 19 heavy (non-hydrogen) atoms. The topological polar surface area (TPSA) is 38.0 Å². The van der Waals surface area contributed by atoms with E-state index in [9.17, 15) is 5.11 Å². The van der Waals surface area contributed by atoms with E-state index in [1.807, 2.05) is 10.9 Å². The number of nitrogens with zero attached hydrogens (tertiary/aromatic N) is 2. The number of aliphatic hydroxyl groups excluding tert-OH is 1. The molecule has 0 saturated heterocycles. The molecule has 0 amide bonds. The average Bonchev–Trinajstić information content (AvgIpc) is 2.89. The highest BCUT2D eigenvalue weighted by Crippen LogP contribution is 2.29. The fourth-order valence-electron chi connectivity index (χ4n) is 2.89. The maximum atomic E-state index is 10.1. The zero-order chi connectivity index (χ0) is 13.2. The first-order valence-corrected chi connectivity index (χ1v) is 7.03. The Bertz CT molecular complexity index is 561. The van der Waals surface area contributed by atoms with Crippen molar-refractivity contribution in [1.82, 2.24) is 9.78 Å². The Morgan fingerprint density at radius 3 is 2.84 bits per heavy atom. The molecule has 0 radical (unpaired) electrons. The number of hydrogen-bond acceptors (Lipinski definition) is 2. The Labute approximate surface area is 113 Å². The van der Waals surface area contributed by atoms with E-state index < -0.39 is 0 Å². The van der Waals surface area contributed by atoms with Crippen LogP contribution in [0.2, 0.25) is 0 Å². The van der Waals surface area contributed by atoms with Crippen LogP contribution < -0.4 is 0 Å². The van der Waals surface area contributed by atoms with Crippen LogP contribution in [0.4, 0.5) is 0 Å². The maximum Gasteiger partial charge on any atom is 0.0778 e. The molecular weight excluding hydrogens is 236 g/mol. The standard InChI is InChI=1S/C16H20N2O/c1-12-5-4-6-13(9-12)14-10-17-18(11-14)15-7-2-3-8-16(15)19/h4-6,9-11,15-16,19H,2-3,7-8H2,1H3. The van der Waals surface area contributed by atoms with Gasteiger partial charge >= 0.3 is 0 Å². The highest BCUT2D eigenvalue weighted by Gasteiger charge is 2.25. The van der Waals surface area contributed by atoms with Gasteiger partial charge in [0.15, 0.2) is 0 Å². The third kappa shape index (κ3) is 2.56. The van der Waals surface area contributed by atoms with E-state index in [0.29, 0.717) is 0 Å². The van der Waals surface area contributed by atoms with Crippen LogP contribution in [0.25, 0.3) is 11.1 Å². The van der Waals surface area contributed by atoms with Crippen molar-refractivity contribution < 1.29 is 5.11 Å². The van der Waals surface area contributed by atoms with Crippen LogP contribution in [0, 0.1) is 6.92 Å². The van der Waals surface area contributed by atoms with E-state index in [2.05, 4.69) is 42.5 Å². The van der Waals surface area contributed by atoms with Gasteiger partial charge in [0, 0.05) is 11.8 Å². The lowest BCUT2D eigenvalue weighted by Crippen LogP contribution is -2.27. The van der Waals surface area contributed by atoms with E-state index >= 15 is 0 Å². The molecule has 0 spiro atoms. The molecule has 1 saturated carbocycles. The van der Waals surface area contributed by atoms with Crippen molar-refractivity contribution in [3.63, 3.8) is 0 Å². The lowest BCUT2D eigenvalue weighted by atomic mass is 9.93. The van der Waals surface area contributed by atoms with Crippen molar-refractivity contribution in [2.24, 2.45) is 0 Å². The summed E-state index contributed by atoms with van der Waals surface area (Å²) in [4.78, 5) is 0. The van der Waals surface area contributed by atoms with E-state index in [0.717, 1.165) is 24.8 Å². The van der Waals surface area contributed by atoms with Crippen LogP contribution in [0.3, 0.4) is 0 Å². The number of aliphatic hydroxyl groups is 1. The zero-order valence-electron chi connectivity index (χ0n) is 11.3. The van der Waals surface area contributed by atoms with Gasteiger partial charge in [-0.25, -0.2) is 0 Å². The van der Waals surface area contributed by atoms with Gasteiger partial charge in [0.2, 0.25) is 0 Å². The molecule has 1 fully saturated rings. The second-order valence-electron chi connectivity index (χ2n) is 5.50. The predicted octanol–water partition coefficient (Wildman–Crippen LogP) is 3.33. The largest absolute Gasteiger partial charge is 0.391 e. The van der Waals surface area contributed by atoms with Gasteiger partial charge in [0.05, 0.1) is 18.3 Å². The van der Waals surface area contributed by atoms with Crippen molar-refractivity contribution in [3.05, 3.63) is 42.2 Å². The molecule has 1 aliphatic carbocycles. The summed E-state index contributed by atoms with van der Waals surface area (Å²) in [7, 11) is 0. The highest BCUT2D eigenvalue weighted by atomic mass is 16.3. The van der Waals surface area contributed by atoms with Gasteiger partial charge in [0.1, 0.15) is 0 Å². The summed E-state index contributed by atoms with van der Waals surface area (Å²) >= 11 is 0. The number of aromatic nitrogens is 2. The van der Waals surface area contributed by atoms with E-state index in [4.69, 9.17) is 0 Å². The minimum atomic E-state index is -0.251.